The summed E-state index contributed by atoms with van der Waals surface area (Å²) >= 11 is 0. The average molecular weight is 256 g/mol. The van der Waals surface area contributed by atoms with Crippen molar-refractivity contribution in [3.05, 3.63) is 0 Å². The molecule has 0 unspecified atom stereocenters. The standard InChI is InChI=1S/C8H13NO.C5H13N.C2H6/c1-2-3-4-9-5-7-10-8-6-9;1-5(2)4-6-3;1-2/h4-8H2,1H3;5-6H,4H2,1-3H3;1-2H3. The van der Waals surface area contributed by atoms with Gasteiger partial charge in [0.25, 0.3) is 0 Å². The van der Waals surface area contributed by atoms with E-state index < -0.39 is 0 Å². The molecule has 1 aliphatic rings. The van der Waals surface area contributed by atoms with E-state index in [1.807, 2.05) is 27.8 Å². The molecule has 0 saturated carbocycles. The molecule has 18 heavy (non-hydrogen) atoms. The average Bonchev–Trinajstić information content (AvgIpc) is 2.40. The van der Waals surface area contributed by atoms with Crippen molar-refractivity contribution >= 4 is 0 Å². The van der Waals surface area contributed by atoms with Gasteiger partial charge in [0, 0.05) is 13.1 Å². The van der Waals surface area contributed by atoms with Crippen LogP contribution in [0.5, 0.6) is 0 Å². The zero-order chi connectivity index (χ0) is 14.2. The van der Waals surface area contributed by atoms with Gasteiger partial charge in [-0.15, -0.1) is 5.92 Å². The first-order valence-corrected chi connectivity index (χ1v) is 7.05. The Morgan fingerprint density at radius 1 is 1.22 bits per heavy atom. The number of morpholine rings is 1. The van der Waals surface area contributed by atoms with E-state index in [4.69, 9.17) is 4.74 Å². The molecule has 0 aromatic heterocycles. The van der Waals surface area contributed by atoms with Crippen molar-refractivity contribution in [1.29, 1.82) is 0 Å². The zero-order valence-electron chi connectivity index (χ0n) is 13.2. The number of nitrogens with zero attached hydrogens (tertiary/aromatic N) is 1. The van der Waals surface area contributed by atoms with Crippen LogP contribution in [-0.4, -0.2) is 51.3 Å². The number of ether oxygens (including phenoxy) is 1. The predicted octanol–water partition coefficient (Wildman–Crippen LogP) is 2.23. The second-order valence-corrected chi connectivity index (χ2v) is 4.27. The fourth-order valence-electron chi connectivity index (χ4n) is 1.36. The lowest BCUT2D eigenvalue weighted by Gasteiger charge is -2.24. The van der Waals surface area contributed by atoms with E-state index in [0.29, 0.717) is 0 Å². The summed E-state index contributed by atoms with van der Waals surface area (Å²) in [5.41, 5.74) is 0. The molecule has 1 rings (SSSR count). The first-order valence-electron chi connectivity index (χ1n) is 7.05. The Bertz CT molecular complexity index is 200. The van der Waals surface area contributed by atoms with Gasteiger partial charge in [-0.2, -0.15) is 0 Å². The van der Waals surface area contributed by atoms with E-state index in [0.717, 1.165) is 45.3 Å². The Kier molecular flexibility index (Phi) is 18.1. The Hall–Kier alpha value is -0.560. The highest BCUT2D eigenvalue weighted by Crippen LogP contribution is 1.94. The minimum absolute atomic E-state index is 0.787. The fourth-order valence-corrected chi connectivity index (χ4v) is 1.36. The number of nitrogens with one attached hydrogen (secondary N) is 1. The monoisotopic (exact) mass is 256 g/mol. The third-order valence-electron chi connectivity index (χ3n) is 2.20. The maximum Gasteiger partial charge on any atom is 0.0603 e. The van der Waals surface area contributed by atoms with E-state index >= 15 is 0 Å². The van der Waals surface area contributed by atoms with Gasteiger partial charge in [-0.3, -0.25) is 4.90 Å². The summed E-state index contributed by atoms with van der Waals surface area (Å²) in [5.74, 6) is 6.71. The van der Waals surface area contributed by atoms with Gasteiger partial charge in [0.05, 0.1) is 19.8 Å². The molecule has 0 bridgehead atoms. The molecule has 0 aromatic rings. The molecule has 0 spiro atoms. The van der Waals surface area contributed by atoms with E-state index in [1.165, 1.54) is 0 Å². The summed E-state index contributed by atoms with van der Waals surface area (Å²) in [6.45, 7) is 16.1. The maximum absolute atomic E-state index is 5.19. The fraction of sp³-hybridized carbons (Fsp3) is 0.867. The maximum atomic E-state index is 5.19. The molecule has 0 amide bonds. The van der Waals surface area contributed by atoms with Gasteiger partial charge in [-0.05, 0) is 26.4 Å². The Balaban J connectivity index is 0. The third kappa shape index (κ3) is 15.4. The van der Waals surface area contributed by atoms with Gasteiger partial charge in [0.15, 0.2) is 0 Å². The van der Waals surface area contributed by atoms with Crippen molar-refractivity contribution in [2.45, 2.75) is 34.6 Å². The van der Waals surface area contributed by atoms with Gasteiger partial charge >= 0.3 is 0 Å². The Morgan fingerprint density at radius 3 is 2.11 bits per heavy atom. The number of hydrogen-bond donors (Lipinski definition) is 1. The lowest BCUT2D eigenvalue weighted by Crippen LogP contribution is -2.36. The van der Waals surface area contributed by atoms with Crippen LogP contribution in [0.4, 0.5) is 0 Å². The van der Waals surface area contributed by atoms with Crippen molar-refractivity contribution in [2.24, 2.45) is 5.92 Å². The molecule has 0 aromatic carbocycles. The highest BCUT2D eigenvalue weighted by molar-refractivity contribution is 4.97. The van der Waals surface area contributed by atoms with Crippen molar-refractivity contribution in [2.75, 3.05) is 46.4 Å². The normalized spacial score (nSPS) is 14.6. The molecule has 0 atom stereocenters. The van der Waals surface area contributed by atoms with Crippen molar-refractivity contribution in [3.63, 3.8) is 0 Å². The highest BCUT2D eigenvalue weighted by Gasteiger charge is 2.07. The van der Waals surface area contributed by atoms with Crippen LogP contribution < -0.4 is 5.32 Å². The highest BCUT2D eigenvalue weighted by atomic mass is 16.5. The molecule has 1 aliphatic heterocycles. The van der Waals surface area contributed by atoms with Crippen LogP contribution >= 0.6 is 0 Å². The SMILES string of the molecule is CC.CC#CCN1CCOCC1.CNCC(C)C. The summed E-state index contributed by atoms with van der Waals surface area (Å²) in [7, 11) is 1.97. The first-order chi connectivity index (χ1) is 8.70. The molecule has 108 valence electrons. The zero-order valence-corrected chi connectivity index (χ0v) is 13.2. The summed E-state index contributed by atoms with van der Waals surface area (Å²) in [6.07, 6.45) is 0. The smallest absolute Gasteiger partial charge is 0.0603 e. The van der Waals surface area contributed by atoms with Gasteiger partial charge < -0.3 is 10.1 Å². The van der Waals surface area contributed by atoms with Gasteiger partial charge in [-0.1, -0.05) is 33.6 Å². The molecular weight excluding hydrogens is 224 g/mol. The number of rotatable bonds is 3. The third-order valence-corrected chi connectivity index (χ3v) is 2.20. The molecule has 0 radical (unpaired) electrons. The molecule has 1 heterocycles. The van der Waals surface area contributed by atoms with Crippen molar-refractivity contribution < 1.29 is 4.74 Å². The van der Waals surface area contributed by atoms with Crippen LogP contribution in [0.2, 0.25) is 0 Å². The minimum atomic E-state index is 0.787. The molecule has 1 saturated heterocycles. The first kappa shape index (κ1) is 19.8. The Labute approximate surface area is 114 Å². The Morgan fingerprint density at radius 2 is 1.78 bits per heavy atom. The second-order valence-electron chi connectivity index (χ2n) is 4.27. The van der Waals surface area contributed by atoms with E-state index in [-0.39, 0.29) is 0 Å². The van der Waals surface area contributed by atoms with E-state index in [9.17, 15) is 0 Å². The summed E-state index contributed by atoms with van der Waals surface area (Å²) in [5, 5.41) is 3.07. The number of hydrogen-bond acceptors (Lipinski definition) is 3. The van der Waals surface area contributed by atoms with Crippen LogP contribution in [0.15, 0.2) is 0 Å². The lowest BCUT2D eigenvalue weighted by atomic mass is 10.2. The van der Waals surface area contributed by atoms with Crippen LogP contribution in [0.25, 0.3) is 0 Å². The topological polar surface area (TPSA) is 24.5 Å². The second kappa shape index (κ2) is 16.4. The lowest BCUT2D eigenvalue weighted by molar-refractivity contribution is 0.0443. The van der Waals surface area contributed by atoms with E-state index in [1.54, 1.807) is 0 Å². The largest absolute Gasteiger partial charge is 0.379 e. The quantitative estimate of drug-likeness (QED) is 0.784. The van der Waals surface area contributed by atoms with Crippen LogP contribution in [0.1, 0.15) is 34.6 Å². The van der Waals surface area contributed by atoms with Gasteiger partial charge in [-0.25, -0.2) is 0 Å². The van der Waals surface area contributed by atoms with Crippen LogP contribution in [-0.2, 0) is 4.74 Å². The summed E-state index contributed by atoms with van der Waals surface area (Å²) in [6, 6.07) is 0. The minimum Gasteiger partial charge on any atom is -0.379 e. The van der Waals surface area contributed by atoms with Crippen LogP contribution in [0, 0.1) is 17.8 Å². The van der Waals surface area contributed by atoms with Crippen LogP contribution in [0.3, 0.4) is 0 Å². The van der Waals surface area contributed by atoms with Crippen molar-refractivity contribution in [3.8, 4) is 11.8 Å². The molecule has 3 nitrogen and oxygen atoms in total. The molecule has 1 N–H and O–H groups in total. The summed E-state index contributed by atoms with van der Waals surface area (Å²) < 4.78 is 5.19. The van der Waals surface area contributed by atoms with Crippen molar-refractivity contribution in [1.82, 2.24) is 10.2 Å². The van der Waals surface area contributed by atoms with Gasteiger partial charge in [0.2, 0.25) is 0 Å². The van der Waals surface area contributed by atoms with E-state index in [2.05, 4.69) is 35.9 Å². The summed E-state index contributed by atoms with van der Waals surface area (Å²) in [4.78, 5) is 2.31. The molecule has 0 aliphatic carbocycles. The molecule has 1 fully saturated rings. The van der Waals surface area contributed by atoms with Gasteiger partial charge in [0.1, 0.15) is 0 Å². The predicted molar refractivity (Wildman–Crippen MR) is 80.8 cm³/mol. The molecule has 3 heteroatoms. The molecular formula is C15H32N2O.